The van der Waals surface area contributed by atoms with Gasteiger partial charge in [0.15, 0.2) is 17.3 Å². The van der Waals surface area contributed by atoms with Gasteiger partial charge < -0.3 is 10.5 Å². The standard InChI is InChI=1S/C21H15F4N7O2/c22-13-6-2-1-4-11(13)9-32-19-12(5-3-7-27-19)16(30-32)18-28-8-14(17(26)29-18)31-10-15(21(23,24)25)34-20(31)33/h1-8,15H,9-10H2,(H2,26,28,29). The summed E-state index contributed by atoms with van der Waals surface area (Å²) >= 11 is 0. The van der Waals surface area contributed by atoms with E-state index < -0.39 is 30.7 Å². The highest BCUT2D eigenvalue weighted by atomic mass is 19.4. The Morgan fingerprint density at radius 3 is 2.65 bits per heavy atom. The van der Waals surface area contributed by atoms with Gasteiger partial charge in [-0.05, 0) is 18.2 Å². The maximum absolute atomic E-state index is 14.2. The lowest BCUT2D eigenvalue weighted by Gasteiger charge is -2.15. The minimum atomic E-state index is -4.71. The summed E-state index contributed by atoms with van der Waals surface area (Å²) in [5.41, 5.74) is 6.98. The van der Waals surface area contributed by atoms with Crippen molar-refractivity contribution in [1.82, 2.24) is 24.7 Å². The minimum Gasteiger partial charge on any atom is -0.434 e. The molecule has 0 aliphatic carbocycles. The van der Waals surface area contributed by atoms with E-state index >= 15 is 0 Å². The molecule has 1 unspecified atom stereocenters. The number of carbonyl (C=O) groups is 1. The molecule has 2 N–H and O–H groups in total. The van der Waals surface area contributed by atoms with Crippen LogP contribution in [0.2, 0.25) is 0 Å². The maximum atomic E-state index is 14.2. The number of halogens is 4. The average molecular weight is 473 g/mol. The summed E-state index contributed by atoms with van der Waals surface area (Å²) in [6, 6.07) is 9.64. The van der Waals surface area contributed by atoms with E-state index in [9.17, 15) is 22.4 Å². The van der Waals surface area contributed by atoms with E-state index in [1.165, 1.54) is 10.7 Å². The Kier molecular flexibility index (Phi) is 5.03. The summed E-state index contributed by atoms with van der Waals surface area (Å²) < 4.78 is 58.8. The van der Waals surface area contributed by atoms with Crippen LogP contribution < -0.4 is 10.6 Å². The summed E-state index contributed by atoms with van der Waals surface area (Å²) in [5.74, 6) is -0.569. The van der Waals surface area contributed by atoms with Gasteiger partial charge in [0.25, 0.3) is 0 Å². The molecule has 1 aliphatic heterocycles. The molecule has 0 saturated carbocycles. The number of benzene rings is 1. The molecule has 9 nitrogen and oxygen atoms in total. The van der Waals surface area contributed by atoms with Crippen LogP contribution in [0.3, 0.4) is 0 Å². The Morgan fingerprint density at radius 1 is 1.15 bits per heavy atom. The third-order valence-electron chi connectivity index (χ3n) is 5.26. The van der Waals surface area contributed by atoms with E-state index in [1.807, 2.05) is 0 Å². The molecule has 0 radical (unpaired) electrons. The molecule has 1 saturated heterocycles. The average Bonchev–Trinajstić information content (AvgIpc) is 3.36. The van der Waals surface area contributed by atoms with Gasteiger partial charge in [0, 0.05) is 11.8 Å². The van der Waals surface area contributed by atoms with Gasteiger partial charge in [-0.3, -0.25) is 4.90 Å². The maximum Gasteiger partial charge on any atom is 0.427 e. The molecular formula is C21H15F4N7O2. The fraction of sp³-hybridized carbons (Fsp3) is 0.190. The van der Waals surface area contributed by atoms with Crippen LogP contribution in [-0.2, 0) is 11.3 Å². The summed E-state index contributed by atoms with van der Waals surface area (Å²) in [7, 11) is 0. The van der Waals surface area contributed by atoms with Crippen LogP contribution in [0.25, 0.3) is 22.6 Å². The van der Waals surface area contributed by atoms with Gasteiger partial charge >= 0.3 is 12.3 Å². The van der Waals surface area contributed by atoms with Crippen molar-refractivity contribution in [3.05, 3.63) is 60.2 Å². The quantitative estimate of drug-likeness (QED) is 0.451. The molecule has 1 fully saturated rings. The Hall–Kier alpha value is -4.29. The topological polar surface area (TPSA) is 112 Å². The molecular weight excluding hydrogens is 458 g/mol. The van der Waals surface area contributed by atoms with Gasteiger partial charge in [-0.1, -0.05) is 18.2 Å². The number of pyridine rings is 1. The number of hydrogen-bond acceptors (Lipinski definition) is 7. The van der Waals surface area contributed by atoms with Crippen LogP contribution in [0, 0.1) is 5.82 Å². The normalized spacial score (nSPS) is 16.3. The van der Waals surface area contributed by atoms with Gasteiger partial charge in [0.1, 0.15) is 17.2 Å². The molecule has 1 amide bonds. The van der Waals surface area contributed by atoms with Crippen molar-refractivity contribution >= 4 is 28.6 Å². The zero-order valence-electron chi connectivity index (χ0n) is 17.2. The second kappa shape index (κ2) is 7.93. The number of ether oxygens (including phenoxy) is 1. The second-order valence-corrected chi connectivity index (χ2v) is 7.46. The number of carbonyl (C=O) groups excluding carboxylic acids is 1. The third kappa shape index (κ3) is 3.74. The van der Waals surface area contributed by atoms with Crippen LogP contribution >= 0.6 is 0 Å². The van der Waals surface area contributed by atoms with Crippen molar-refractivity contribution in [2.45, 2.75) is 18.8 Å². The fourth-order valence-corrected chi connectivity index (χ4v) is 3.61. The SMILES string of the molecule is Nc1nc(-c2nn(Cc3ccccc3F)c3ncccc23)ncc1N1CC(C(F)(F)F)OC1=O. The molecule has 4 heterocycles. The van der Waals surface area contributed by atoms with Crippen molar-refractivity contribution < 1.29 is 27.1 Å². The number of amides is 1. The number of alkyl halides is 3. The Labute approximate surface area is 188 Å². The lowest BCUT2D eigenvalue weighted by atomic mass is 10.2. The number of nitrogens with two attached hydrogens (primary N) is 1. The van der Waals surface area contributed by atoms with Crippen molar-refractivity contribution in [1.29, 1.82) is 0 Å². The number of anilines is 2. The molecule has 0 spiro atoms. The zero-order chi connectivity index (χ0) is 24.0. The lowest BCUT2D eigenvalue weighted by molar-refractivity contribution is -0.191. The molecule has 174 valence electrons. The first-order valence-electron chi connectivity index (χ1n) is 9.95. The van der Waals surface area contributed by atoms with E-state index in [4.69, 9.17) is 5.73 Å². The second-order valence-electron chi connectivity index (χ2n) is 7.46. The molecule has 3 aromatic heterocycles. The van der Waals surface area contributed by atoms with E-state index in [0.717, 1.165) is 11.1 Å². The first-order valence-corrected chi connectivity index (χ1v) is 9.95. The monoisotopic (exact) mass is 473 g/mol. The van der Waals surface area contributed by atoms with Gasteiger partial charge in [0.2, 0.25) is 6.10 Å². The predicted octanol–water partition coefficient (Wildman–Crippen LogP) is 3.55. The highest BCUT2D eigenvalue weighted by molar-refractivity contribution is 5.93. The van der Waals surface area contributed by atoms with Gasteiger partial charge in [0.05, 0.1) is 24.7 Å². The first kappa shape index (κ1) is 21.6. The number of cyclic esters (lactones) is 1. The molecule has 1 aromatic carbocycles. The Bertz CT molecular complexity index is 1410. The van der Waals surface area contributed by atoms with Crippen LogP contribution in [0.15, 0.2) is 48.8 Å². The molecule has 1 aliphatic rings. The van der Waals surface area contributed by atoms with Gasteiger partial charge in [-0.15, -0.1) is 0 Å². The largest absolute Gasteiger partial charge is 0.434 e. The van der Waals surface area contributed by atoms with E-state index in [2.05, 4.69) is 24.8 Å². The van der Waals surface area contributed by atoms with Crippen molar-refractivity contribution in [3.63, 3.8) is 0 Å². The Morgan fingerprint density at radius 2 is 1.94 bits per heavy atom. The number of aromatic nitrogens is 5. The number of nitrogens with zero attached hydrogens (tertiary/aromatic N) is 6. The van der Waals surface area contributed by atoms with Crippen LogP contribution in [0.1, 0.15) is 5.56 Å². The Balaban J connectivity index is 1.51. The minimum absolute atomic E-state index is 0.0615. The fourth-order valence-electron chi connectivity index (χ4n) is 3.61. The molecule has 13 heteroatoms. The van der Waals surface area contributed by atoms with Crippen LogP contribution in [0.5, 0.6) is 0 Å². The molecule has 34 heavy (non-hydrogen) atoms. The molecule has 0 bridgehead atoms. The van der Waals surface area contributed by atoms with Crippen LogP contribution in [-0.4, -0.2) is 49.7 Å². The number of rotatable bonds is 4. The molecule has 5 rings (SSSR count). The molecule has 4 aromatic rings. The van der Waals surface area contributed by atoms with E-state index in [1.54, 1.807) is 36.5 Å². The number of fused-ring (bicyclic) bond motifs is 1. The summed E-state index contributed by atoms with van der Waals surface area (Å²) in [6.07, 6.45) is -5.50. The number of hydrogen-bond donors (Lipinski definition) is 1. The third-order valence-corrected chi connectivity index (χ3v) is 5.26. The smallest absolute Gasteiger partial charge is 0.427 e. The number of nitrogen functional groups attached to an aromatic ring is 1. The first-order chi connectivity index (χ1) is 16.2. The summed E-state index contributed by atoms with van der Waals surface area (Å²) in [4.78, 5) is 25.3. The van der Waals surface area contributed by atoms with Crippen molar-refractivity contribution in [2.24, 2.45) is 0 Å². The van der Waals surface area contributed by atoms with Crippen molar-refractivity contribution in [3.8, 4) is 11.5 Å². The van der Waals surface area contributed by atoms with E-state index in [0.29, 0.717) is 16.6 Å². The summed E-state index contributed by atoms with van der Waals surface area (Å²) in [6.45, 7) is -0.675. The van der Waals surface area contributed by atoms with Crippen molar-refractivity contribution in [2.75, 3.05) is 17.2 Å². The van der Waals surface area contributed by atoms with Gasteiger partial charge in [-0.2, -0.15) is 18.3 Å². The highest BCUT2D eigenvalue weighted by Crippen LogP contribution is 2.34. The van der Waals surface area contributed by atoms with E-state index in [-0.39, 0.29) is 29.6 Å². The highest BCUT2D eigenvalue weighted by Gasteiger charge is 2.50. The van der Waals surface area contributed by atoms with Crippen LogP contribution in [0.4, 0.5) is 33.9 Å². The lowest BCUT2D eigenvalue weighted by Crippen LogP contribution is -2.33. The molecule has 1 atom stereocenters. The summed E-state index contributed by atoms with van der Waals surface area (Å²) in [5, 5.41) is 5.04. The van der Waals surface area contributed by atoms with Gasteiger partial charge in [-0.25, -0.2) is 28.8 Å². The zero-order valence-corrected chi connectivity index (χ0v) is 17.2. The predicted molar refractivity (Wildman–Crippen MR) is 112 cm³/mol.